The van der Waals surface area contributed by atoms with Crippen molar-refractivity contribution in [2.24, 2.45) is 0 Å². The van der Waals surface area contributed by atoms with E-state index in [1.54, 1.807) is 10.9 Å². The van der Waals surface area contributed by atoms with Gasteiger partial charge < -0.3 is 20.7 Å². The topological polar surface area (TPSA) is 119 Å². The van der Waals surface area contributed by atoms with Gasteiger partial charge in [0.1, 0.15) is 24.2 Å². The van der Waals surface area contributed by atoms with E-state index in [1.165, 1.54) is 6.33 Å². The SMILES string of the molecule is Nc1ncnc2c1ncn2[C@H]1C[C@@H](O)C(CO)O1. The molecule has 0 radical (unpaired) electrons. The number of ether oxygens (including phenoxy) is 1. The number of aromatic nitrogens is 4. The second-order valence-corrected chi connectivity index (χ2v) is 4.20. The zero-order valence-corrected chi connectivity index (χ0v) is 9.47. The summed E-state index contributed by atoms with van der Waals surface area (Å²) in [4.78, 5) is 12.1. The van der Waals surface area contributed by atoms with Crippen LogP contribution in [0.2, 0.25) is 0 Å². The molecule has 0 aromatic carbocycles. The summed E-state index contributed by atoms with van der Waals surface area (Å²) in [6.07, 6.45) is 1.60. The second-order valence-electron chi connectivity index (χ2n) is 4.20. The van der Waals surface area contributed by atoms with Gasteiger partial charge in [-0.2, -0.15) is 0 Å². The highest BCUT2D eigenvalue weighted by Gasteiger charge is 2.35. The predicted octanol–water partition coefficient (Wildman–Crippen LogP) is -0.951. The average molecular weight is 251 g/mol. The third kappa shape index (κ3) is 1.62. The lowest BCUT2D eigenvalue weighted by Crippen LogP contribution is -2.24. The minimum Gasteiger partial charge on any atom is -0.394 e. The van der Waals surface area contributed by atoms with Crippen LogP contribution in [0, 0.1) is 0 Å². The van der Waals surface area contributed by atoms with Crippen molar-refractivity contribution in [1.82, 2.24) is 19.5 Å². The molecule has 0 bridgehead atoms. The summed E-state index contributed by atoms with van der Waals surface area (Å²) in [5.74, 6) is 0.302. The first-order chi connectivity index (χ1) is 8.70. The number of anilines is 1. The number of imidazole rings is 1. The quantitative estimate of drug-likeness (QED) is 0.629. The van der Waals surface area contributed by atoms with Crippen LogP contribution in [0.5, 0.6) is 0 Å². The number of aliphatic hydroxyl groups excluding tert-OH is 2. The van der Waals surface area contributed by atoms with Crippen LogP contribution in [0.1, 0.15) is 12.6 Å². The Labute approximate surface area is 102 Å². The van der Waals surface area contributed by atoms with E-state index in [0.29, 0.717) is 23.4 Å². The van der Waals surface area contributed by atoms with Crippen molar-refractivity contribution in [3.8, 4) is 0 Å². The zero-order chi connectivity index (χ0) is 12.7. The first-order valence-corrected chi connectivity index (χ1v) is 5.58. The van der Waals surface area contributed by atoms with Crippen LogP contribution in [-0.4, -0.2) is 48.5 Å². The van der Waals surface area contributed by atoms with Crippen LogP contribution >= 0.6 is 0 Å². The van der Waals surface area contributed by atoms with E-state index in [9.17, 15) is 5.11 Å². The molecule has 0 amide bonds. The van der Waals surface area contributed by atoms with Gasteiger partial charge in [-0.15, -0.1) is 0 Å². The van der Waals surface area contributed by atoms with Gasteiger partial charge in [-0.1, -0.05) is 0 Å². The summed E-state index contributed by atoms with van der Waals surface area (Å²) in [6.45, 7) is -0.221. The molecule has 0 saturated carbocycles. The lowest BCUT2D eigenvalue weighted by atomic mass is 10.2. The van der Waals surface area contributed by atoms with E-state index in [1.807, 2.05) is 0 Å². The Morgan fingerprint density at radius 3 is 3.00 bits per heavy atom. The van der Waals surface area contributed by atoms with E-state index < -0.39 is 18.4 Å². The number of nitrogen functional groups attached to an aromatic ring is 1. The first kappa shape index (κ1) is 11.3. The van der Waals surface area contributed by atoms with Crippen LogP contribution in [0.4, 0.5) is 5.82 Å². The van der Waals surface area contributed by atoms with Crippen LogP contribution < -0.4 is 5.73 Å². The number of nitrogens with zero attached hydrogens (tertiary/aromatic N) is 4. The molecule has 96 valence electrons. The fourth-order valence-corrected chi connectivity index (χ4v) is 2.13. The van der Waals surface area contributed by atoms with Gasteiger partial charge in [-0.25, -0.2) is 15.0 Å². The molecule has 8 heteroatoms. The molecule has 8 nitrogen and oxygen atoms in total. The normalized spacial score (nSPS) is 28.0. The number of aliphatic hydroxyl groups is 2. The lowest BCUT2D eigenvalue weighted by Gasteiger charge is -2.13. The summed E-state index contributed by atoms with van der Waals surface area (Å²) in [6, 6.07) is 0. The number of nitrogens with two attached hydrogens (primary N) is 1. The van der Waals surface area contributed by atoms with Crippen molar-refractivity contribution in [3.63, 3.8) is 0 Å². The van der Waals surface area contributed by atoms with Crippen LogP contribution in [0.25, 0.3) is 11.2 Å². The highest BCUT2D eigenvalue weighted by atomic mass is 16.5. The Morgan fingerprint density at radius 2 is 2.28 bits per heavy atom. The summed E-state index contributed by atoms with van der Waals surface area (Å²) in [5, 5.41) is 18.8. The Kier molecular flexibility index (Phi) is 2.62. The molecule has 3 atom stereocenters. The standard InChI is InChI=1S/C10H13N5O3/c11-9-8-10(13-3-12-9)15(4-14-8)7-1-5(17)6(2-16)18-7/h3-7,16-17H,1-2H2,(H2,11,12,13)/t5-,6?,7-/m1/s1. The van der Waals surface area contributed by atoms with Crippen LogP contribution in [-0.2, 0) is 4.74 Å². The molecule has 18 heavy (non-hydrogen) atoms. The molecule has 0 aliphatic carbocycles. The predicted molar refractivity (Wildman–Crippen MR) is 61.4 cm³/mol. The smallest absolute Gasteiger partial charge is 0.167 e. The molecule has 0 spiro atoms. The van der Waals surface area contributed by atoms with E-state index in [4.69, 9.17) is 15.6 Å². The monoisotopic (exact) mass is 251 g/mol. The molecule has 1 fully saturated rings. The van der Waals surface area contributed by atoms with Crippen molar-refractivity contribution in [2.75, 3.05) is 12.3 Å². The number of fused-ring (bicyclic) bond motifs is 1. The van der Waals surface area contributed by atoms with Gasteiger partial charge in [0, 0.05) is 6.42 Å². The van der Waals surface area contributed by atoms with Crippen molar-refractivity contribution in [3.05, 3.63) is 12.7 Å². The molecule has 3 rings (SSSR count). The summed E-state index contributed by atoms with van der Waals surface area (Å²) in [5.41, 5.74) is 6.75. The van der Waals surface area contributed by atoms with Crippen LogP contribution in [0.15, 0.2) is 12.7 Å². The van der Waals surface area contributed by atoms with Gasteiger partial charge in [0.05, 0.1) is 19.0 Å². The maximum absolute atomic E-state index is 9.71. The molecule has 4 N–H and O–H groups in total. The number of rotatable bonds is 2. The molecular weight excluding hydrogens is 238 g/mol. The minimum atomic E-state index is -0.698. The van der Waals surface area contributed by atoms with Crippen LogP contribution in [0.3, 0.4) is 0 Å². The van der Waals surface area contributed by atoms with Gasteiger partial charge in [0.2, 0.25) is 0 Å². The van der Waals surface area contributed by atoms with Gasteiger partial charge in [0.25, 0.3) is 0 Å². The molecule has 1 saturated heterocycles. The zero-order valence-electron chi connectivity index (χ0n) is 9.47. The van der Waals surface area contributed by atoms with E-state index >= 15 is 0 Å². The summed E-state index contributed by atoms with van der Waals surface area (Å²) < 4.78 is 7.22. The third-order valence-corrected chi connectivity index (χ3v) is 3.08. The fraction of sp³-hybridized carbons (Fsp3) is 0.500. The summed E-state index contributed by atoms with van der Waals surface area (Å²) in [7, 11) is 0. The Hall–Kier alpha value is -1.77. The lowest BCUT2D eigenvalue weighted by molar-refractivity contribution is -0.0432. The molecule has 2 aromatic rings. The number of hydrogen-bond acceptors (Lipinski definition) is 7. The average Bonchev–Trinajstić information content (AvgIpc) is 2.93. The first-order valence-electron chi connectivity index (χ1n) is 5.58. The Balaban J connectivity index is 1.99. The van der Waals surface area contributed by atoms with Crippen molar-refractivity contribution in [2.45, 2.75) is 24.9 Å². The van der Waals surface area contributed by atoms with Crippen molar-refractivity contribution >= 4 is 17.0 Å². The molecule has 1 aliphatic heterocycles. The van der Waals surface area contributed by atoms with E-state index in [0.717, 1.165) is 0 Å². The molecule has 1 unspecified atom stereocenters. The highest BCUT2D eigenvalue weighted by molar-refractivity contribution is 5.81. The molecule has 1 aliphatic rings. The molecular formula is C10H13N5O3. The number of hydrogen-bond donors (Lipinski definition) is 3. The fourth-order valence-electron chi connectivity index (χ4n) is 2.13. The highest BCUT2D eigenvalue weighted by Crippen LogP contribution is 2.30. The van der Waals surface area contributed by atoms with Gasteiger partial charge in [0.15, 0.2) is 11.5 Å². The van der Waals surface area contributed by atoms with E-state index in [2.05, 4.69) is 15.0 Å². The maximum Gasteiger partial charge on any atom is 0.167 e. The maximum atomic E-state index is 9.71. The largest absolute Gasteiger partial charge is 0.394 e. The molecule has 2 aromatic heterocycles. The van der Waals surface area contributed by atoms with Gasteiger partial charge in [-0.05, 0) is 0 Å². The molecule has 3 heterocycles. The third-order valence-electron chi connectivity index (χ3n) is 3.08. The van der Waals surface area contributed by atoms with Gasteiger partial charge >= 0.3 is 0 Å². The van der Waals surface area contributed by atoms with Crippen molar-refractivity contribution < 1.29 is 14.9 Å². The Bertz CT molecular complexity index is 572. The van der Waals surface area contributed by atoms with Crippen molar-refractivity contribution in [1.29, 1.82) is 0 Å². The second kappa shape index (κ2) is 4.16. The Morgan fingerprint density at radius 1 is 1.44 bits per heavy atom. The summed E-state index contributed by atoms with van der Waals surface area (Å²) >= 11 is 0. The van der Waals surface area contributed by atoms with E-state index in [-0.39, 0.29) is 6.61 Å². The minimum absolute atomic E-state index is 0.221. The van der Waals surface area contributed by atoms with Gasteiger partial charge in [-0.3, -0.25) is 4.57 Å².